The van der Waals surface area contributed by atoms with Crippen LogP contribution in [0.5, 0.6) is 0 Å². The maximum Gasteiger partial charge on any atom is 0.166 e. The minimum absolute atomic E-state index is 0.0135. The number of carbonyl (C=O) groups excluding carboxylic acids is 1. The van der Waals surface area contributed by atoms with Gasteiger partial charge in [-0.05, 0) is 26.3 Å². The molecule has 0 aromatic carbocycles. The molecule has 2 atom stereocenters. The summed E-state index contributed by atoms with van der Waals surface area (Å²) in [4.78, 5) is 12.0. The van der Waals surface area contributed by atoms with Crippen LogP contribution in [0.2, 0.25) is 0 Å². The average Bonchev–Trinajstić information content (AvgIpc) is 2.29. The van der Waals surface area contributed by atoms with E-state index < -0.39 is 0 Å². The van der Waals surface area contributed by atoms with Gasteiger partial charge in [0.15, 0.2) is 5.78 Å². The molecule has 0 amide bonds. The van der Waals surface area contributed by atoms with E-state index in [0.717, 1.165) is 5.57 Å². The van der Waals surface area contributed by atoms with Crippen molar-refractivity contribution >= 4 is 5.78 Å². The number of Topliss-reactive ketones (excluding diaryl/α,β-unsaturated/α-hetero) is 1. The van der Waals surface area contributed by atoms with Crippen molar-refractivity contribution in [1.82, 2.24) is 0 Å². The molecule has 0 saturated carbocycles. The Bertz CT molecular complexity index is 440. The van der Waals surface area contributed by atoms with E-state index in [4.69, 9.17) is 4.74 Å². The second-order valence-electron chi connectivity index (χ2n) is 4.73. The molecule has 0 saturated heterocycles. The van der Waals surface area contributed by atoms with Gasteiger partial charge in [0.1, 0.15) is 17.6 Å². The molecule has 1 heterocycles. The van der Waals surface area contributed by atoms with Gasteiger partial charge < -0.3 is 9.84 Å². The van der Waals surface area contributed by atoms with E-state index in [2.05, 4.69) is 0 Å². The van der Waals surface area contributed by atoms with Gasteiger partial charge in [0, 0.05) is 17.1 Å². The molecule has 1 aliphatic carbocycles. The van der Waals surface area contributed by atoms with Crippen LogP contribution in [-0.4, -0.2) is 17.0 Å². The first-order valence-electron chi connectivity index (χ1n) is 6.00. The summed E-state index contributed by atoms with van der Waals surface area (Å²) < 4.78 is 5.79. The van der Waals surface area contributed by atoms with E-state index in [1.807, 2.05) is 32.9 Å². The van der Waals surface area contributed by atoms with Crippen LogP contribution < -0.4 is 0 Å². The van der Waals surface area contributed by atoms with Crippen LogP contribution in [0.3, 0.4) is 0 Å². The number of allylic oxidation sites excluding steroid dienone is 4. The molecule has 17 heavy (non-hydrogen) atoms. The summed E-state index contributed by atoms with van der Waals surface area (Å²) in [5.41, 5.74) is 1.45. The van der Waals surface area contributed by atoms with Crippen molar-refractivity contribution in [2.24, 2.45) is 5.92 Å². The largest absolute Gasteiger partial charge is 0.512 e. The number of aliphatic hydroxyl groups is 1. The maximum absolute atomic E-state index is 12.0. The summed E-state index contributed by atoms with van der Waals surface area (Å²) in [6.45, 7) is 5.64. The predicted molar refractivity (Wildman–Crippen MR) is 65.4 cm³/mol. The second kappa shape index (κ2) is 4.40. The zero-order valence-corrected chi connectivity index (χ0v) is 10.5. The molecule has 1 aliphatic heterocycles. The van der Waals surface area contributed by atoms with E-state index in [1.54, 1.807) is 0 Å². The van der Waals surface area contributed by atoms with Crippen LogP contribution in [-0.2, 0) is 9.53 Å². The highest BCUT2D eigenvalue weighted by Gasteiger charge is 2.34. The fourth-order valence-electron chi connectivity index (χ4n) is 2.43. The molecule has 2 unspecified atom stereocenters. The third-order valence-corrected chi connectivity index (χ3v) is 3.38. The average molecular weight is 234 g/mol. The summed E-state index contributed by atoms with van der Waals surface area (Å²) in [5.74, 6) is 1.10. The zero-order chi connectivity index (χ0) is 12.6. The van der Waals surface area contributed by atoms with E-state index in [-0.39, 0.29) is 17.8 Å². The summed E-state index contributed by atoms with van der Waals surface area (Å²) in [6, 6.07) is 0. The van der Waals surface area contributed by atoms with Crippen LogP contribution in [0.15, 0.2) is 34.8 Å². The van der Waals surface area contributed by atoms with Crippen molar-refractivity contribution < 1.29 is 14.6 Å². The van der Waals surface area contributed by atoms with Gasteiger partial charge in [0.25, 0.3) is 0 Å². The molecular formula is C14H18O3. The summed E-state index contributed by atoms with van der Waals surface area (Å²) in [7, 11) is 0. The molecule has 0 aromatic heterocycles. The standard InChI is InChI=1S/C14H18O3/c1-4-5-10-7-12(15)11-6-8(2)13(16)9(3)14(11)17-10/h4-5,8,10,16H,6-7H2,1-3H3/b5-4+. The number of hydrogen-bond donors (Lipinski definition) is 1. The van der Waals surface area contributed by atoms with Gasteiger partial charge >= 0.3 is 0 Å². The van der Waals surface area contributed by atoms with E-state index in [0.29, 0.717) is 29.9 Å². The molecule has 0 radical (unpaired) electrons. The fourth-order valence-corrected chi connectivity index (χ4v) is 2.43. The van der Waals surface area contributed by atoms with Gasteiger partial charge in [-0.2, -0.15) is 0 Å². The molecule has 0 fully saturated rings. The molecule has 1 N–H and O–H groups in total. The monoisotopic (exact) mass is 234 g/mol. The molecule has 3 heteroatoms. The quantitative estimate of drug-likeness (QED) is 0.709. The van der Waals surface area contributed by atoms with Gasteiger partial charge in [-0.3, -0.25) is 4.79 Å². The third kappa shape index (κ3) is 2.02. The van der Waals surface area contributed by atoms with Gasteiger partial charge in [0.2, 0.25) is 0 Å². The summed E-state index contributed by atoms with van der Waals surface area (Å²) in [5, 5.41) is 9.92. The first-order valence-corrected chi connectivity index (χ1v) is 6.00. The normalized spacial score (nSPS) is 29.7. The molecule has 2 rings (SSSR count). The van der Waals surface area contributed by atoms with Gasteiger partial charge in [-0.1, -0.05) is 13.0 Å². The number of ether oxygens (including phenoxy) is 1. The van der Waals surface area contributed by atoms with Crippen LogP contribution in [0.4, 0.5) is 0 Å². The Kier molecular flexibility index (Phi) is 3.09. The van der Waals surface area contributed by atoms with E-state index in [1.165, 1.54) is 0 Å². The highest BCUT2D eigenvalue weighted by Crippen LogP contribution is 2.38. The van der Waals surface area contributed by atoms with Crippen molar-refractivity contribution in [1.29, 1.82) is 0 Å². The number of hydrogen-bond acceptors (Lipinski definition) is 3. The summed E-state index contributed by atoms with van der Waals surface area (Å²) in [6.07, 6.45) is 4.56. The lowest BCUT2D eigenvalue weighted by Crippen LogP contribution is -2.29. The van der Waals surface area contributed by atoms with E-state index >= 15 is 0 Å². The number of ketones is 1. The minimum Gasteiger partial charge on any atom is -0.512 e. The highest BCUT2D eigenvalue weighted by molar-refractivity contribution is 5.98. The van der Waals surface area contributed by atoms with Crippen molar-refractivity contribution in [3.8, 4) is 0 Å². The van der Waals surface area contributed by atoms with E-state index in [9.17, 15) is 9.90 Å². The minimum atomic E-state index is -0.192. The Morgan fingerprint density at radius 2 is 2.12 bits per heavy atom. The van der Waals surface area contributed by atoms with Crippen molar-refractivity contribution in [3.63, 3.8) is 0 Å². The maximum atomic E-state index is 12.0. The SMILES string of the molecule is C/C=C/C1CC(=O)C2=C(O1)C(C)=C(O)C(C)C2. The molecule has 2 aliphatic rings. The third-order valence-electron chi connectivity index (χ3n) is 3.38. The first kappa shape index (κ1) is 12.0. The Morgan fingerprint density at radius 1 is 1.41 bits per heavy atom. The number of rotatable bonds is 1. The van der Waals surface area contributed by atoms with Gasteiger partial charge in [-0.15, -0.1) is 0 Å². The lowest BCUT2D eigenvalue weighted by atomic mass is 9.84. The number of aliphatic hydroxyl groups excluding tert-OH is 1. The second-order valence-corrected chi connectivity index (χ2v) is 4.73. The van der Waals surface area contributed by atoms with Crippen LogP contribution >= 0.6 is 0 Å². The molecule has 0 bridgehead atoms. The van der Waals surface area contributed by atoms with Crippen LogP contribution in [0, 0.1) is 5.92 Å². The Morgan fingerprint density at radius 3 is 2.76 bits per heavy atom. The van der Waals surface area contributed by atoms with Crippen molar-refractivity contribution in [2.75, 3.05) is 0 Å². The lowest BCUT2D eigenvalue weighted by molar-refractivity contribution is -0.119. The molecular weight excluding hydrogens is 216 g/mol. The Balaban J connectivity index is 2.39. The Labute approximate surface area is 101 Å². The number of carbonyl (C=O) groups is 1. The molecule has 0 spiro atoms. The van der Waals surface area contributed by atoms with Crippen LogP contribution in [0.1, 0.15) is 33.6 Å². The molecule has 0 aromatic rings. The Hall–Kier alpha value is -1.51. The van der Waals surface area contributed by atoms with Crippen molar-refractivity contribution in [3.05, 3.63) is 34.8 Å². The zero-order valence-electron chi connectivity index (χ0n) is 10.5. The lowest BCUT2D eigenvalue weighted by Gasteiger charge is -2.31. The topological polar surface area (TPSA) is 46.5 Å². The summed E-state index contributed by atoms with van der Waals surface area (Å²) >= 11 is 0. The van der Waals surface area contributed by atoms with Gasteiger partial charge in [0.05, 0.1) is 6.42 Å². The van der Waals surface area contributed by atoms with Crippen LogP contribution in [0.25, 0.3) is 0 Å². The predicted octanol–water partition coefficient (Wildman–Crippen LogP) is 3.05. The smallest absolute Gasteiger partial charge is 0.166 e. The fraction of sp³-hybridized carbons (Fsp3) is 0.500. The highest BCUT2D eigenvalue weighted by atomic mass is 16.5. The van der Waals surface area contributed by atoms with Gasteiger partial charge in [-0.25, -0.2) is 0 Å². The van der Waals surface area contributed by atoms with Crippen molar-refractivity contribution in [2.45, 2.75) is 39.7 Å². The first-order chi connectivity index (χ1) is 8.04. The molecule has 92 valence electrons. The molecule has 3 nitrogen and oxygen atoms in total.